The molecule has 0 saturated carbocycles. The Balaban J connectivity index is 2.27. The Kier molecular flexibility index (Phi) is 5.33. The SMILES string of the molecule is CCOC(CS(=O)(=O)c1ccc2ccccc2c1)OCC. The molecule has 0 fully saturated rings. The summed E-state index contributed by atoms with van der Waals surface area (Å²) in [5.74, 6) is -0.174. The van der Waals surface area contributed by atoms with Crippen molar-refractivity contribution >= 4 is 20.6 Å². The Morgan fingerprint density at radius 1 is 0.952 bits per heavy atom. The van der Waals surface area contributed by atoms with Gasteiger partial charge in [0.2, 0.25) is 0 Å². The molecule has 2 aromatic carbocycles. The molecule has 114 valence electrons. The maximum absolute atomic E-state index is 12.5. The topological polar surface area (TPSA) is 52.6 Å². The maximum Gasteiger partial charge on any atom is 0.183 e. The minimum atomic E-state index is -3.45. The van der Waals surface area contributed by atoms with Gasteiger partial charge in [0.25, 0.3) is 0 Å². The number of sulfone groups is 1. The summed E-state index contributed by atoms with van der Waals surface area (Å²) < 4.78 is 35.6. The molecule has 0 aliphatic carbocycles. The predicted molar refractivity (Wildman–Crippen MR) is 83.0 cm³/mol. The van der Waals surface area contributed by atoms with Gasteiger partial charge in [-0.25, -0.2) is 8.42 Å². The molecule has 0 N–H and O–H groups in total. The number of rotatable bonds is 7. The van der Waals surface area contributed by atoms with Crippen molar-refractivity contribution in [3.05, 3.63) is 42.5 Å². The third-order valence-corrected chi connectivity index (χ3v) is 4.82. The molecule has 0 aliphatic rings. The first-order chi connectivity index (χ1) is 10.1. The van der Waals surface area contributed by atoms with Crippen molar-refractivity contribution in [1.82, 2.24) is 0 Å². The highest BCUT2D eigenvalue weighted by atomic mass is 32.2. The molecule has 0 aromatic heterocycles. The van der Waals surface area contributed by atoms with Crippen LogP contribution in [0, 0.1) is 0 Å². The number of hydrogen-bond acceptors (Lipinski definition) is 4. The maximum atomic E-state index is 12.5. The summed E-state index contributed by atoms with van der Waals surface area (Å²) >= 11 is 0. The molecule has 4 nitrogen and oxygen atoms in total. The third kappa shape index (κ3) is 4.03. The summed E-state index contributed by atoms with van der Waals surface area (Å²) in [7, 11) is -3.45. The normalized spacial score (nSPS) is 12.1. The van der Waals surface area contributed by atoms with Gasteiger partial charge in [-0.2, -0.15) is 0 Å². The van der Waals surface area contributed by atoms with Gasteiger partial charge in [0.1, 0.15) is 5.75 Å². The van der Waals surface area contributed by atoms with Crippen molar-refractivity contribution in [3.63, 3.8) is 0 Å². The van der Waals surface area contributed by atoms with Crippen molar-refractivity contribution in [2.24, 2.45) is 0 Å². The van der Waals surface area contributed by atoms with Crippen LogP contribution in [0.4, 0.5) is 0 Å². The second kappa shape index (κ2) is 7.02. The molecule has 0 heterocycles. The summed E-state index contributed by atoms with van der Waals surface area (Å²) in [5.41, 5.74) is 0. The molecule has 21 heavy (non-hydrogen) atoms. The molecule has 0 spiro atoms. The van der Waals surface area contributed by atoms with Gasteiger partial charge < -0.3 is 9.47 Å². The highest BCUT2D eigenvalue weighted by molar-refractivity contribution is 7.91. The van der Waals surface area contributed by atoms with Gasteiger partial charge in [0.15, 0.2) is 16.1 Å². The van der Waals surface area contributed by atoms with E-state index in [0.717, 1.165) is 10.8 Å². The van der Waals surface area contributed by atoms with Gasteiger partial charge >= 0.3 is 0 Å². The zero-order valence-corrected chi connectivity index (χ0v) is 13.1. The summed E-state index contributed by atoms with van der Waals surface area (Å²) in [4.78, 5) is 0.297. The van der Waals surface area contributed by atoms with Gasteiger partial charge in [-0.15, -0.1) is 0 Å². The minimum absolute atomic E-state index is 0.174. The molecule has 0 atom stereocenters. The van der Waals surface area contributed by atoms with Crippen molar-refractivity contribution in [2.45, 2.75) is 25.0 Å². The molecular formula is C16H20O4S. The Morgan fingerprint density at radius 2 is 1.57 bits per heavy atom. The van der Waals surface area contributed by atoms with Gasteiger partial charge in [-0.1, -0.05) is 30.3 Å². The van der Waals surface area contributed by atoms with E-state index in [1.165, 1.54) is 0 Å². The van der Waals surface area contributed by atoms with Crippen LogP contribution in [0.25, 0.3) is 10.8 Å². The second-order valence-corrected chi connectivity index (χ2v) is 6.66. The average Bonchev–Trinajstić information content (AvgIpc) is 2.47. The highest BCUT2D eigenvalue weighted by Crippen LogP contribution is 2.20. The number of benzene rings is 2. The molecule has 0 bridgehead atoms. The average molecular weight is 308 g/mol. The fourth-order valence-corrected chi connectivity index (χ4v) is 3.48. The fraction of sp³-hybridized carbons (Fsp3) is 0.375. The summed E-state index contributed by atoms with van der Waals surface area (Å²) in [6.07, 6.45) is -0.725. The predicted octanol–water partition coefficient (Wildman–Crippen LogP) is 3.01. The monoisotopic (exact) mass is 308 g/mol. The third-order valence-electron chi connectivity index (χ3n) is 3.14. The Hall–Kier alpha value is -1.43. The van der Waals surface area contributed by atoms with E-state index in [1.807, 2.05) is 44.2 Å². The molecule has 0 amide bonds. The van der Waals surface area contributed by atoms with Crippen LogP contribution in [0.5, 0.6) is 0 Å². The molecule has 0 radical (unpaired) electrons. The lowest BCUT2D eigenvalue weighted by Crippen LogP contribution is -2.27. The van der Waals surface area contributed by atoms with Crippen LogP contribution in [0.2, 0.25) is 0 Å². The van der Waals surface area contributed by atoms with Crippen molar-refractivity contribution in [1.29, 1.82) is 0 Å². The van der Waals surface area contributed by atoms with Crippen LogP contribution in [-0.2, 0) is 19.3 Å². The van der Waals surface area contributed by atoms with Crippen LogP contribution >= 0.6 is 0 Å². The molecule has 0 aliphatic heterocycles. The Bertz CT molecular complexity index is 688. The van der Waals surface area contributed by atoms with Crippen LogP contribution < -0.4 is 0 Å². The summed E-state index contributed by atoms with van der Waals surface area (Å²) in [6, 6.07) is 12.8. The number of hydrogen-bond donors (Lipinski definition) is 0. The number of ether oxygens (including phenoxy) is 2. The molecule has 0 saturated heterocycles. The van der Waals surface area contributed by atoms with E-state index >= 15 is 0 Å². The lowest BCUT2D eigenvalue weighted by molar-refractivity contribution is -0.120. The first-order valence-electron chi connectivity index (χ1n) is 7.01. The van der Waals surface area contributed by atoms with E-state index in [4.69, 9.17) is 9.47 Å². The Morgan fingerprint density at radius 3 is 2.19 bits per heavy atom. The summed E-state index contributed by atoms with van der Waals surface area (Å²) in [5, 5.41) is 1.92. The standard InChI is InChI=1S/C16H20O4S/c1-3-19-16(20-4-2)12-21(17,18)15-10-9-13-7-5-6-8-14(13)11-15/h5-11,16H,3-4,12H2,1-2H3. The van der Waals surface area contributed by atoms with Crippen LogP contribution in [0.3, 0.4) is 0 Å². The molecular weight excluding hydrogens is 288 g/mol. The zero-order chi connectivity index (χ0) is 15.3. The van der Waals surface area contributed by atoms with E-state index in [9.17, 15) is 8.42 Å². The molecule has 2 rings (SSSR count). The highest BCUT2D eigenvalue weighted by Gasteiger charge is 2.22. The first kappa shape index (κ1) is 15.9. The van der Waals surface area contributed by atoms with Crippen LogP contribution in [0.1, 0.15) is 13.8 Å². The lowest BCUT2D eigenvalue weighted by Gasteiger charge is -2.17. The second-order valence-electron chi connectivity index (χ2n) is 4.63. The van der Waals surface area contributed by atoms with E-state index in [0.29, 0.717) is 18.1 Å². The van der Waals surface area contributed by atoms with Crippen molar-refractivity contribution in [2.75, 3.05) is 19.0 Å². The zero-order valence-electron chi connectivity index (χ0n) is 12.3. The van der Waals surface area contributed by atoms with E-state index in [-0.39, 0.29) is 5.75 Å². The largest absolute Gasteiger partial charge is 0.352 e. The number of fused-ring (bicyclic) bond motifs is 1. The van der Waals surface area contributed by atoms with Gasteiger partial charge in [0.05, 0.1) is 4.90 Å². The minimum Gasteiger partial charge on any atom is -0.352 e. The van der Waals surface area contributed by atoms with Gasteiger partial charge in [0, 0.05) is 13.2 Å². The fourth-order valence-electron chi connectivity index (χ4n) is 2.15. The van der Waals surface area contributed by atoms with E-state index < -0.39 is 16.1 Å². The summed E-state index contributed by atoms with van der Waals surface area (Å²) in [6.45, 7) is 4.46. The smallest absolute Gasteiger partial charge is 0.183 e. The van der Waals surface area contributed by atoms with Crippen molar-refractivity contribution < 1.29 is 17.9 Å². The van der Waals surface area contributed by atoms with Crippen molar-refractivity contribution in [3.8, 4) is 0 Å². The quantitative estimate of drug-likeness (QED) is 0.738. The molecule has 2 aromatic rings. The first-order valence-corrected chi connectivity index (χ1v) is 8.66. The molecule has 0 unspecified atom stereocenters. The van der Waals surface area contributed by atoms with Crippen LogP contribution in [0.15, 0.2) is 47.4 Å². The van der Waals surface area contributed by atoms with E-state index in [2.05, 4.69) is 0 Å². The van der Waals surface area contributed by atoms with Gasteiger partial charge in [-0.3, -0.25) is 0 Å². The van der Waals surface area contributed by atoms with Gasteiger partial charge in [-0.05, 0) is 36.8 Å². The van der Waals surface area contributed by atoms with E-state index in [1.54, 1.807) is 12.1 Å². The molecule has 5 heteroatoms. The lowest BCUT2D eigenvalue weighted by atomic mass is 10.1. The van der Waals surface area contributed by atoms with Crippen LogP contribution in [-0.4, -0.2) is 33.7 Å². The Labute approximate surface area is 125 Å².